The van der Waals surface area contributed by atoms with Crippen LogP contribution in [0.3, 0.4) is 0 Å². The van der Waals surface area contributed by atoms with Crippen LogP contribution < -0.4 is 5.32 Å². The van der Waals surface area contributed by atoms with E-state index in [4.69, 9.17) is 4.74 Å². The molecule has 7 heteroatoms. The van der Waals surface area contributed by atoms with Crippen LogP contribution in [-0.4, -0.2) is 66.3 Å². The molecule has 1 aromatic heterocycles. The van der Waals surface area contributed by atoms with Gasteiger partial charge in [-0.05, 0) is 25.5 Å². The first-order valence-corrected chi connectivity index (χ1v) is 7.27. The van der Waals surface area contributed by atoms with Crippen molar-refractivity contribution in [1.82, 2.24) is 14.9 Å². The van der Waals surface area contributed by atoms with Crippen LogP contribution in [0.25, 0.3) is 0 Å². The van der Waals surface area contributed by atoms with Crippen LogP contribution in [0.4, 0.5) is 5.82 Å². The van der Waals surface area contributed by atoms with E-state index in [1.807, 2.05) is 0 Å². The molecule has 0 saturated carbocycles. The van der Waals surface area contributed by atoms with E-state index in [9.17, 15) is 4.79 Å². The van der Waals surface area contributed by atoms with Gasteiger partial charge in [-0.1, -0.05) is 0 Å². The average molecular weight is 292 g/mol. The normalized spacial score (nSPS) is 25.4. The molecule has 3 rings (SSSR count). The molecule has 2 aliphatic heterocycles. The zero-order chi connectivity index (χ0) is 14.7. The Morgan fingerprint density at radius 2 is 2.52 bits per heavy atom. The fourth-order valence-corrected chi connectivity index (χ4v) is 2.87. The summed E-state index contributed by atoms with van der Waals surface area (Å²) < 4.78 is 10.5. The third-order valence-corrected chi connectivity index (χ3v) is 4.00. The Morgan fingerprint density at radius 1 is 1.62 bits per heavy atom. The Balaban J connectivity index is 1.54. The van der Waals surface area contributed by atoms with E-state index in [-0.39, 0.29) is 11.9 Å². The summed E-state index contributed by atoms with van der Waals surface area (Å²) >= 11 is 0. The summed E-state index contributed by atoms with van der Waals surface area (Å²) in [7, 11) is 1.31. The van der Waals surface area contributed by atoms with Gasteiger partial charge in [0.15, 0.2) is 0 Å². The first kappa shape index (κ1) is 14.2. The summed E-state index contributed by atoms with van der Waals surface area (Å²) in [6, 6.07) is 2.33. The molecule has 7 nitrogen and oxygen atoms in total. The van der Waals surface area contributed by atoms with Crippen LogP contribution in [0.5, 0.6) is 0 Å². The van der Waals surface area contributed by atoms with Gasteiger partial charge in [-0.25, -0.2) is 14.8 Å². The summed E-state index contributed by atoms with van der Waals surface area (Å²) in [5.74, 6) is 0.136. The van der Waals surface area contributed by atoms with Gasteiger partial charge in [-0.3, -0.25) is 4.90 Å². The van der Waals surface area contributed by atoms with E-state index in [0.717, 1.165) is 13.2 Å². The first-order chi connectivity index (χ1) is 10.3. The maximum absolute atomic E-state index is 11.4. The standard InChI is InChI=1S/C14H20N4O3/c1-20-14(19)13-15-5-4-12(17-13)16-7-11-8-18-6-2-3-10(18)9-21-11/h4-5,10-11H,2-3,6-9H2,1H3,(H,15,16,17). The number of morpholine rings is 1. The van der Waals surface area contributed by atoms with Gasteiger partial charge >= 0.3 is 5.97 Å². The van der Waals surface area contributed by atoms with Gasteiger partial charge in [-0.15, -0.1) is 0 Å². The topological polar surface area (TPSA) is 76.6 Å². The second kappa shape index (κ2) is 6.36. The Hall–Kier alpha value is -1.73. The lowest BCUT2D eigenvalue weighted by Crippen LogP contribution is -2.48. The highest BCUT2D eigenvalue weighted by Gasteiger charge is 2.31. The van der Waals surface area contributed by atoms with Crippen molar-refractivity contribution in [2.75, 3.05) is 38.7 Å². The number of fused-ring (bicyclic) bond motifs is 1. The van der Waals surface area contributed by atoms with E-state index in [1.54, 1.807) is 12.3 Å². The molecule has 1 N–H and O–H groups in total. The second-order valence-corrected chi connectivity index (χ2v) is 5.38. The minimum absolute atomic E-state index is 0.0617. The van der Waals surface area contributed by atoms with Gasteiger partial charge < -0.3 is 14.8 Å². The lowest BCUT2D eigenvalue weighted by Gasteiger charge is -2.35. The monoisotopic (exact) mass is 292 g/mol. The SMILES string of the molecule is COC(=O)c1nccc(NCC2CN3CCCC3CO2)n1. The van der Waals surface area contributed by atoms with Crippen LogP contribution in [0.1, 0.15) is 23.5 Å². The van der Waals surface area contributed by atoms with Gasteiger partial charge in [0.25, 0.3) is 0 Å². The summed E-state index contributed by atoms with van der Waals surface area (Å²) in [5.41, 5.74) is 0. The molecule has 1 aromatic rings. The van der Waals surface area contributed by atoms with Gasteiger partial charge in [-0.2, -0.15) is 0 Å². The smallest absolute Gasteiger partial charge is 0.376 e. The molecule has 0 radical (unpaired) electrons. The number of anilines is 1. The van der Waals surface area contributed by atoms with Crippen LogP contribution in [-0.2, 0) is 9.47 Å². The molecule has 2 aliphatic rings. The van der Waals surface area contributed by atoms with Crippen molar-refractivity contribution < 1.29 is 14.3 Å². The van der Waals surface area contributed by atoms with Gasteiger partial charge in [0.05, 0.1) is 19.8 Å². The number of carbonyl (C=O) groups excluding carboxylic acids is 1. The van der Waals surface area contributed by atoms with E-state index < -0.39 is 5.97 Å². The number of nitrogens with one attached hydrogen (secondary N) is 1. The molecule has 21 heavy (non-hydrogen) atoms. The zero-order valence-electron chi connectivity index (χ0n) is 12.1. The number of nitrogens with zero attached hydrogens (tertiary/aromatic N) is 3. The Bertz CT molecular complexity index is 511. The lowest BCUT2D eigenvalue weighted by atomic mass is 10.2. The molecule has 3 heterocycles. The van der Waals surface area contributed by atoms with Crippen LogP contribution in [0, 0.1) is 0 Å². The van der Waals surface area contributed by atoms with Crippen molar-refractivity contribution >= 4 is 11.8 Å². The van der Waals surface area contributed by atoms with Gasteiger partial charge in [0, 0.05) is 25.3 Å². The molecule has 2 saturated heterocycles. The quantitative estimate of drug-likeness (QED) is 0.811. The predicted molar refractivity (Wildman–Crippen MR) is 76.2 cm³/mol. The fourth-order valence-electron chi connectivity index (χ4n) is 2.87. The van der Waals surface area contributed by atoms with Crippen molar-refractivity contribution in [3.8, 4) is 0 Å². The van der Waals surface area contributed by atoms with E-state index in [1.165, 1.54) is 26.5 Å². The lowest BCUT2D eigenvalue weighted by molar-refractivity contribution is -0.0416. The summed E-state index contributed by atoms with van der Waals surface area (Å²) in [6.45, 7) is 3.60. The van der Waals surface area contributed by atoms with Crippen LogP contribution in [0.15, 0.2) is 12.3 Å². The molecule has 0 amide bonds. The van der Waals surface area contributed by atoms with E-state index >= 15 is 0 Å². The van der Waals surface area contributed by atoms with Gasteiger partial charge in [0.1, 0.15) is 5.82 Å². The number of carbonyl (C=O) groups is 1. The third kappa shape index (κ3) is 3.30. The summed E-state index contributed by atoms with van der Waals surface area (Å²) in [4.78, 5) is 21.9. The number of methoxy groups -OCH3 is 1. The molecule has 0 bridgehead atoms. The minimum atomic E-state index is -0.535. The average Bonchev–Trinajstić information content (AvgIpc) is 3.00. The highest BCUT2D eigenvalue weighted by molar-refractivity contribution is 5.85. The van der Waals surface area contributed by atoms with Crippen molar-refractivity contribution in [2.45, 2.75) is 25.0 Å². The molecular weight excluding hydrogens is 272 g/mol. The zero-order valence-corrected chi connectivity index (χ0v) is 12.1. The molecule has 2 atom stereocenters. The fraction of sp³-hybridized carbons (Fsp3) is 0.643. The van der Waals surface area contributed by atoms with Crippen LogP contribution >= 0.6 is 0 Å². The molecular formula is C14H20N4O3. The highest BCUT2D eigenvalue weighted by atomic mass is 16.5. The summed E-state index contributed by atoms with van der Waals surface area (Å²) in [5, 5.41) is 3.20. The van der Waals surface area contributed by atoms with E-state index in [2.05, 4.69) is 24.9 Å². The molecule has 0 spiro atoms. The van der Waals surface area contributed by atoms with Crippen LogP contribution in [0.2, 0.25) is 0 Å². The Labute approximate surface area is 123 Å². The van der Waals surface area contributed by atoms with Gasteiger partial charge in [0.2, 0.25) is 5.82 Å². The minimum Gasteiger partial charge on any atom is -0.463 e. The molecule has 114 valence electrons. The molecule has 2 fully saturated rings. The second-order valence-electron chi connectivity index (χ2n) is 5.38. The Kier molecular flexibility index (Phi) is 4.31. The predicted octanol–water partition coefficient (Wildman–Crippen LogP) is 0.538. The van der Waals surface area contributed by atoms with Crippen molar-refractivity contribution in [1.29, 1.82) is 0 Å². The Morgan fingerprint density at radius 3 is 3.38 bits per heavy atom. The largest absolute Gasteiger partial charge is 0.463 e. The number of aromatic nitrogens is 2. The highest BCUT2D eigenvalue weighted by Crippen LogP contribution is 2.22. The number of hydrogen-bond donors (Lipinski definition) is 1. The third-order valence-electron chi connectivity index (χ3n) is 4.00. The van der Waals surface area contributed by atoms with Crippen molar-refractivity contribution in [3.05, 3.63) is 18.1 Å². The van der Waals surface area contributed by atoms with Crippen molar-refractivity contribution in [2.24, 2.45) is 0 Å². The number of esters is 1. The maximum Gasteiger partial charge on any atom is 0.376 e. The number of hydrogen-bond acceptors (Lipinski definition) is 7. The number of ether oxygens (including phenoxy) is 2. The molecule has 0 aliphatic carbocycles. The molecule has 2 unspecified atom stereocenters. The van der Waals surface area contributed by atoms with E-state index in [0.29, 0.717) is 18.4 Å². The maximum atomic E-state index is 11.4. The first-order valence-electron chi connectivity index (χ1n) is 7.27. The van der Waals surface area contributed by atoms with Crippen molar-refractivity contribution in [3.63, 3.8) is 0 Å². The number of rotatable bonds is 4. The summed E-state index contributed by atoms with van der Waals surface area (Å²) in [6.07, 6.45) is 4.20. The molecule has 0 aromatic carbocycles.